The van der Waals surface area contributed by atoms with Gasteiger partial charge >= 0.3 is 0 Å². The largest absolute Gasteiger partial charge is 0.495 e. The third-order valence-corrected chi connectivity index (χ3v) is 4.49. The Morgan fingerprint density at radius 1 is 1.11 bits per heavy atom. The van der Waals surface area contributed by atoms with Crippen LogP contribution in [0.1, 0.15) is 21.6 Å². The molecule has 3 rings (SSSR count). The Morgan fingerprint density at radius 3 is 2.64 bits per heavy atom. The zero-order chi connectivity index (χ0) is 19.9. The summed E-state index contributed by atoms with van der Waals surface area (Å²) in [6.45, 7) is 2.53. The van der Waals surface area contributed by atoms with Gasteiger partial charge in [-0.15, -0.1) is 0 Å². The molecule has 0 aliphatic rings. The van der Waals surface area contributed by atoms with Crippen LogP contribution in [0.2, 0.25) is 5.02 Å². The fourth-order valence-corrected chi connectivity index (χ4v) is 2.90. The highest BCUT2D eigenvalue weighted by Crippen LogP contribution is 2.28. The molecule has 0 unspecified atom stereocenters. The molecule has 28 heavy (non-hydrogen) atoms. The first-order valence-corrected chi connectivity index (χ1v) is 9.33. The first kappa shape index (κ1) is 19.7. The number of hydrogen-bond donors (Lipinski definition) is 2. The van der Waals surface area contributed by atoms with E-state index in [9.17, 15) is 4.79 Å². The molecule has 1 amide bonds. The van der Waals surface area contributed by atoms with Crippen molar-refractivity contribution < 1.29 is 9.53 Å². The van der Waals surface area contributed by atoms with Crippen molar-refractivity contribution in [1.29, 1.82) is 0 Å². The molecule has 144 valence electrons. The molecule has 0 saturated heterocycles. The lowest BCUT2D eigenvalue weighted by Gasteiger charge is -2.12. The molecule has 6 heteroatoms. The molecule has 2 aromatic carbocycles. The van der Waals surface area contributed by atoms with Gasteiger partial charge in [0, 0.05) is 23.5 Å². The first-order valence-electron chi connectivity index (χ1n) is 8.95. The molecule has 1 heterocycles. The molecule has 1 aromatic heterocycles. The maximum atomic E-state index is 12.4. The van der Waals surface area contributed by atoms with Crippen LogP contribution in [0.25, 0.3) is 0 Å². The molecule has 2 N–H and O–H groups in total. The van der Waals surface area contributed by atoms with E-state index in [-0.39, 0.29) is 5.91 Å². The summed E-state index contributed by atoms with van der Waals surface area (Å²) in [5.41, 5.74) is 4.18. The number of carbonyl (C=O) groups excluding carboxylic acids is 1. The molecule has 0 atom stereocenters. The summed E-state index contributed by atoms with van der Waals surface area (Å²) in [6, 6.07) is 17.0. The molecular formula is C22H22ClN3O2. The van der Waals surface area contributed by atoms with Gasteiger partial charge in [0.05, 0.1) is 12.8 Å². The van der Waals surface area contributed by atoms with Gasteiger partial charge < -0.3 is 15.4 Å². The molecule has 3 aromatic rings. The van der Waals surface area contributed by atoms with Crippen molar-refractivity contribution in [1.82, 2.24) is 10.3 Å². The third-order valence-electron chi connectivity index (χ3n) is 4.24. The molecule has 0 radical (unpaired) electrons. The third kappa shape index (κ3) is 5.24. The first-order chi connectivity index (χ1) is 13.5. The van der Waals surface area contributed by atoms with Crippen LogP contribution in [0.4, 0.5) is 11.4 Å². The molecule has 0 fully saturated rings. The van der Waals surface area contributed by atoms with Gasteiger partial charge in [0.25, 0.3) is 5.91 Å². The molecule has 0 saturated carbocycles. The molecule has 0 aliphatic carbocycles. The number of methoxy groups -OCH3 is 1. The second kappa shape index (κ2) is 9.24. The van der Waals surface area contributed by atoms with E-state index in [0.717, 1.165) is 34.7 Å². The topological polar surface area (TPSA) is 63.2 Å². The van der Waals surface area contributed by atoms with E-state index in [2.05, 4.69) is 15.6 Å². The minimum atomic E-state index is -0.214. The number of amides is 1. The number of nitrogens with one attached hydrogen (secondary N) is 2. The predicted octanol–water partition coefficient (Wildman–Crippen LogP) is 4.77. The number of rotatable bonds is 7. The van der Waals surface area contributed by atoms with E-state index in [1.165, 1.54) is 0 Å². The summed E-state index contributed by atoms with van der Waals surface area (Å²) >= 11 is 5.88. The lowest BCUT2D eigenvalue weighted by atomic mass is 10.1. The fraction of sp³-hybridized carbons (Fsp3) is 0.182. The average molecular weight is 396 g/mol. The number of halogens is 1. The summed E-state index contributed by atoms with van der Waals surface area (Å²) in [6.07, 6.45) is 2.33. The number of hydrogen-bond acceptors (Lipinski definition) is 4. The minimum Gasteiger partial charge on any atom is -0.495 e. The monoisotopic (exact) mass is 395 g/mol. The zero-order valence-electron chi connectivity index (χ0n) is 15.8. The number of aryl methyl sites for hydroxylation is 1. The van der Waals surface area contributed by atoms with Crippen LogP contribution < -0.4 is 15.4 Å². The van der Waals surface area contributed by atoms with Crippen molar-refractivity contribution in [3.63, 3.8) is 0 Å². The highest BCUT2D eigenvalue weighted by molar-refractivity contribution is 6.30. The highest BCUT2D eigenvalue weighted by Gasteiger charge is 2.09. The van der Waals surface area contributed by atoms with E-state index in [0.29, 0.717) is 17.3 Å². The molecule has 0 aliphatic heterocycles. The quantitative estimate of drug-likeness (QED) is 0.605. The van der Waals surface area contributed by atoms with E-state index >= 15 is 0 Å². The Morgan fingerprint density at radius 2 is 1.89 bits per heavy atom. The lowest BCUT2D eigenvalue weighted by Crippen LogP contribution is -2.26. The number of anilines is 2. The maximum Gasteiger partial charge on any atom is 0.269 e. The van der Waals surface area contributed by atoms with Gasteiger partial charge in [-0.05, 0) is 60.9 Å². The lowest BCUT2D eigenvalue weighted by molar-refractivity contribution is 0.0949. The second-order valence-electron chi connectivity index (χ2n) is 6.39. The van der Waals surface area contributed by atoms with Crippen molar-refractivity contribution in [3.05, 3.63) is 82.6 Å². The van der Waals surface area contributed by atoms with Gasteiger partial charge in [-0.2, -0.15) is 0 Å². The Labute approximate surface area is 169 Å². The van der Waals surface area contributed by atoms with Crippen molar-refractivity contribution in [2.24, 2.45) is 0 Å². The molecule has 0 bridgehead atoms. The van der Waals surface area contributed by atoms with Crippen molar-refractivity contribution >= 4 is 28.9 Å². The highest BCUT2D eigenvalue weighted by atomic mass is 35.5. The van der Waals surface area contributed by atoms with Crippen molar-refractivity contribution in [3.8, 4) is 5.75 Å². The molecular weight excluding hydrogens is 374 g/mol. The summed E-state index contributed by atoms with van der Waals surface area (Å²) < 4.78 is 5.39. The van der Waals surface area contributed by atoms with Gasteiger partial charge in [0.1, 0.15) is 11.4 Å². The zero-order valence-corrected chi connectivity index (χ0v) is 16.6. The summed E-state index contributed by atoms with van der Waals surface area (Å²) in [7, 11) is 1.63. The standard InChI is InChI=1S/C22H22ClN3O2/c1-15-3-8-21(28-2)19(13-15)26-18-10-12-24-20(14-18)22(27)25-11-9-16-4-6-17(23)7-5-16/h3-8,10,12-14H,9,11H2,1-2H3,(H,24,26)(H,25,27). The van der Waals surface area contributed by atoms with Crippen LogP contribution in [0.5, 0.6) is 5.75 Å². The SMILES string of the molecule is COc1ccc(C)cc1Nc1ccnc(C(=O)NCCc2ccc(Cl)cc2)c1. The number of benzene rings is 2. The summed E-state index contributed by atoms with van der Waals surface area (Å²) in [5.74, 6) is 0.519. The van der Waals surface area contributed by atoms with Crippen LogP contribution in [-0.2, 0) is 6.42 Å². The number of nitrogens with zero attached hydrogens (tertiary/aromatic N) is 1. The van der Waals surface area contributed by atoms with Gasteiger partial charge in [0.15, 0.2) is 0 Å². The predicted molar refractivity (Wildman–Crippen MR) is 113 cm³/mol. The minimum absolute atomic E-state index is 0.214. The van der Waals surface area contributed by atoms with Crippen molar-refractivity contribution in [2.45, 2.75) is 13.3 Å². The maximum absolute atomic E-state index is 12.4. The normalized spacial score (nSPS) is 10.4. The molecule has 5 nitrogen and oxygen atoms in total. The van der Waals surface area contributed by atoms with E-state index in [1.54, 1.807) is 19.4 Å². The van der Waals surface area contributed by atoms with Gasteiger partial charge in [-0.1, -0.05) is 29.8 Å². The van der Waals surface area contributed by atoms with Gasteiger partial charge in [-0.3, -0.25) is 9.78 Å². The second-order valence-corrected chi connectivity index (χ2v) is 6.83. The smallest absolute Gasteiger partial charge is 0.269 e. The average Bonchev–Trinajstić information content (AvgIpc) is 2.70. The number of aromatic nitrogens is 1. The number of carbonyl (C=O) groups is 1. The Bertz CT molecular complexity index is 958. The van der Waals surface area contributed by atoms with Crippen LogP contribution in [-0.4, -0.2) is 24.5 Å². The van der Waals surface area contributed by atoms with E-state index in [1.807, 2.05) is 55.5 Å². The Hall–Kier alpha value is -3.05. The van der Waals surface area contributed by atoms with Crippen LogP contribution in [0.15, 0.2) is 60.8 Å². The molecule has 0 spiro atoms. The number of ether oxygens (including phenoxy) is 1. The van der Waals surface area contributed by atoms with Crippen LogP contribution in [0, 0.1) is 6.92 Å². The van der Waals surface area contributed by atoms with E-state index in [4.69, 9.17) is 16.3 Å². The van der Waals surface area contributed by atoms with Crippen molar-refractivity contribution in [2.75, 3.05) is 19.0 Å². The fourth-order valence-electron chi connectivity index (χ4n) is 2.77. The Kier molecular flexibility index (Phi) is 6.50. The summed E-state index contributed by atoms with van der Waals surface area (Å²) in [5, 5.41) is 6.89. The summed E-state index contributed by atoms with van der Waals surface area (Å²) in [4.78, 5) is 16.6. The number of pyridine rings is 1. The van der Waals surface area contributed by atoms with Crippen LogP contribution >= 0.6 is 11.6 Å². The van der Waals surface area contributed by atoms with Gasteiger partial charge in [-0.25, -0.2) is 0 Å². The van der Waals surface area contributed by atoms with Crippen LogP contribution in [0.3, 0.4) is 0 Å². The Balaban J connectivity index is 1.63. The van der Waals surface area contributed by atoms with E-state index < -0.39 is 0 Å². The van der Waals surface area contributed by atoms with Gasteiger partial charge in [0.2, 0.25) is 0 Å².